The van der Waals surface area contributed by atoms with Crippen molar-refractivity contribution in [3.63, 3.8) is 0 Å². The first-order chi connectivity index (χ1) is 7.85. The molecule has 0 aromatic heterocycles. The van der Waals surface area contributed by atoms with Crippen LogP contribution in [0.3, 0.4) is 0 Å². The van der Waals surface area contributed by atoms with Crippen LogP contribution in [0.2, 0.25) is 0 Å². The van der Waals surface area contributed by atoms with Gasteiger partial charge in [-0.25, -0.2) is 0 Å². The highest BCUT2D eigenvalue weighted by molar-refractivity contribution is 9.10. The van der Waals surface area contributed by atoms with Crippen LogP contribution in [-0.4, -0.2) is 11.4 Å². The van der Waals surface area contributed by atoms with Gasteiger partial charge in [-0.15, -0.1) is 12.6 Å². The van der Waals surface area contributed by atoms with Gasteiger partial charge in [-0.05, 0) is 54.4 Å². The van der Waals surface area contributed by atoms with Gasteiger partial charge in [-0.2, -0.15) is 0 Å². The first-order valence-electron chi connectivity index (χ1n) is 5.67. The number of thiol groups is 1. The summed E-state index contributed by atoms with van der Waals surface area (Å²) in [6, 6.07) is 5.45. The SMILES string of the molecule is CCCC(C)(C)NC(=O)c1cc(S)ccc1Br. The second kappa shape index (κ2) is 5.91. The van der Waals surface area contributed by atoms with Crippen molar-refractivity contribution in [1.82, 2.24) is 5.32 Å². The largest absolute Gasteiger partial charge is 0.347 e. The van der Waals surface area contributed by atoms with E-state index in [-0.39, 0.29) is 11.4 Å². The summed E-state index contributed by atoms with van der Waals surface area (Å²) in [5, 5.41) is 3.04. The first kappa shape index (κ1) is 14.6. The van der Waals surface area contributed by atoms with E-state index in [1.54, 1.807) is 6.07 Å². The quantitative estimate of drug-likeness (QED) is 0.806. The summed E-state index contributed by atoms with van der Waals surface area (Å²) in [4.78, 5) is 12.9. The fourth-order valence-corrected chi connectivity index (χ4v) is 2.38. The van der Waals surface area contributed by atoms with Crippen molar-refractivity contribution >= 4 is 34.5 Å². The minimum atomic E-state index is -0.183. The molecule has 0 aliphatic rings. The van der Waals surface area contributed by atoms with Gasteiger partial charge in [0.05, 0.1) is 5.56 Å². The first-order valence-corrected chi connectivity index (χ1v) is 6.91. The van der Waals surface area contributed by atoms with E-state index in [2.05, 4.69) is 40.8 Å². The van der Waals surface area contributed by atoms with Crippen LogP contribution >= 0.6 is 28.6 Å². The predicted octanol–water partition coefficient (Wildman–Crippen LogP) is 4.05. The molecule has 4 heteroatoms. The maximum Gasteiger partial charge on any atom is 0.252 e. The van der Waals surface area contributed by atoms with E-state index in [0.717, 1.165) is 22.2 Å². The Balaban J connectivity index is 2.86. The lowest BCUT2D eigenvalue weighted by atomic mass is 9.98. The third kappa shape index (κ3) is 4.36. The number of hydrogen-bond donors (Lipinski definition) is 2. The highest BCUT2D eigenvalue weighted by atomic mass is 79.9. The van der Waals surface area contributed by atoms with Crippen LogP contribution in [0.1, 0.15) is 44.0 Å². The number of carbonyl (C=O) groups excluding carboxylic acids is 1. The smallest absolute Gasteiger partial charge is 0.252 e. The number of nitrogens with one attached hydrogen (secondary N) is 1. The predicted molar refractivity (Wildman–Crippen MR) is 77.8 cm³/mol. The summed E-state index contributed by atoms with van der Waals surface area (Å²) in [7, 11) is 0. The van der Waals surface area contributed by atoms with Crippen LogP contribution in [0.4, 0.5) is 0 Å². The van der Waals surface area contributed by atoms with Crippen molar-refractivity contribution < 1.29 is 4.79 Å². The number of amides is 1. The van der Waals surface area contributed by atoms with Crippen molar-refractivity contribution in [2.24, 2.45) is 0 Å². The van der Waals surface area contributed by atoms with Crippen LogP contribution in [0.15, 0.2) is 27.6 Å². The molecule has 0 aliphatic heterocycles. The minimum Gasteiger partial charge on any atom is -0.347 e. The second-order valence-corrected chi connectivity index (χ2v) is 6.12. The lowest BCUT2D eigenvalue weighted by Crippen LogP contribution is -2.43. The fraction of sp³-hybridized carbons (Fsp3) is 0.462. The van der Waals surface area contributed by atoms with Crippen LogP contribution in [0.5, 0.6) is 0 Å². The lowest BCUT2D eigenvalue weighted by molar-refractivity contribution is 0.0908. The summed E-state index contributed by atoms with van der Waals surface area (Å²) >= 11 is 7.63. The molecule has 0 radical (unpaired) electrons. The Morgan fingerprint density at radius 2 is 2.12 bits per heavy atom. The molecule has 1 aromatic rings. The molecule has 0 unspecified atom stereocenters. The zero-order chi connectivity index (χ0) is 13.1. The number of halogens is 1. The molecular weight excluding hydrogens is 298 g/mol. The van der Waals surface area contributed by atoms with Crippen LogP contribution < -0.4 is 5.32 Å². The molecule has 0 atom stereocenters. The molecule has 17 heavy (non-hydrogen) atoms. The molecule has 1 N–H and O–H groups in total. The van der Waals surface area contributed by atoms with Crippen LogP contribution in [0.25, 0.3) is 0 Å². The molecule has 94 valence electrons. The van der Waals surface area contributed by atoms with Crippen molar-refractivity contribution in [3.05, 3.63) is 28.2 Å². The highest BCUT2D eigenvalue weighted by Gasteiger charge is 2.21. The zero-order valence-electron chi connectivity index (χ0n) is 10.4. The lowest BCUT2D eigenvalue weighted by Gasteiger charge is -2.26. The molecule has 2 nitrogen and oxygen atoms in total. The van der Waals surface area contributed by atoms with E-state index in [0.29, 0.717) is 5.56 Å². The average Bonchev–Trinajstić information content (AvgIpc) is 2.20. The van der Waals surface area contributed by atoms with E-state index in [4.69, 9.17) is 0 Å². The number of carbonyl (C=O) groups is 1. The number of hydrogen-bond acceptors (Lipinski definition) is 2. The summed E-state index contributed by atoms with van der Waals surface area (Å²) in [5.74, 6) is -0.0637. The van der Waals surface area contributed by atoms with Crippen molar-refractivity contribution in [2.75, 3.05) is 0 Å². The standard InChI is InChI=1S/C13H18BrNOS/c1-4-7-13(2,3)15-12(16)10-8-9(17)5-6-11(10)14/h5-6,8,17H,4,7H2,1-3H3,(H,15,16). The molecule has 0 heterocycles. The fourth-order valence-electron chi connectivity index (χ4n) is 1.75. The van der Waals surface area contributed by atoms with Gasteiger partial charge in [-0.3, -0.25) is 4.79 Å². The molecule has 1 amide bonds. The summed E-state index contributed by atoms with van der Waals surface area (Å²) in [5.41, 5.74) is 0.444. The zero-order valence-corrected chi connectivity index (χ0v) is 12.9. The summed E-state index contributed by atoms with van der Waals surface area (Å²) < 4.78 is 0.792. The monoisotopic (exact) mass is 315 g/mol. The van der Waals surface area contributed by atoms with E-state index in [9.17, 15) is 4.79 Å². The van der Waals surface area contributed by atoms with E-state index in [1.165, 1.54) is 0 Å². The van der Waals surface area contributed by atoms with E-state index in [1.807, 2.05) is 26.0 Å². The molecule has 0 saturated carbocycles. The van der Waals surface area contributed by atoms with Gasteiger partial charge in [0.2, 0.25) is 0 Å². The van der Waals surface area contributed by atoms with E-state index < -0.39 is 0 Å². The third-order valence-electron chi connectivity index (χ3n) is 2.52. The highest BCUT2D eigenvalue weighted by Crippen LogP contribution is 2.21. The van der Waals surface area contributed by atoms with Crippen molar-refractivity contribution in [1.29, 1.82) is 0 Å². The number of rotatable bonds is 4. The van der Waals surface area contributed by atoms with Gasteiger partial charge in [0.15, 0.2) is 0 Å². The minimum absolute atomic E-state index is 0.0637. The number of benzene rings is 1. The maximum atomic E-state index is 12.1. The average molecular weight is 316 g/mol. The molecule has 0 fully saturated rings. The topological polar surface area (TPSA) is 29.1 Å². The normalized spacial score (nSPS) is 11.4. The Labute approximate surface area is 117 Å². The Kier molecular flexibility index (Phi) is 5.07. The van der Waals surface area contributed by atoms with Gasteiger partial charge in [0, 0.05) is 14.9 Å². The van der Waals surface area contributed by atoms with Crippen LogP contribution in [-0.2, 0) is 0 Å². The Morgan fingerprint density at radius 1 is 1.47 bits per heavy atom. The van der Waals surface area contributed by atoms with Gasteiger partial charge in [0.1, 0.15) is 0 Å². The van der Waals surface area contributed by atoms with E-state index >= 15 is 0 Å². The molecule has 0 aliphatic carbocycles. The molecule has 1 rings (SSSR count). The van der Waals surface area contributed by atoms with Gasteiger partial charge in [-0.1, -0.05) is 13.3 Å². The molecule has 0 spiro atoms. The molecular formula is C13H18BrNOS. The molecule has 0 bridgehead atoms. The Hall–Kier alpha value is -0.480. The maximum absolute atomic E-state index is 12.1. The summed E-state index contributed by atoms with van der Waals surface area (Å²) in [6.45, 7) is 6.18. The third-order valence-corrected chi connectivity index (χ3v) is 3.49. The van der Waals surface area contributed by atoms with Crippen LogP contribution in [0, 0.1) is 0 Å². The van der Waals surface area contributed by atoms with Crippen molar-refractivity contribution in [2.45, 2.75) is 44.0 Å². The summed E-state index contributed by atoms with van der Waals surface area (Å²) in [6.07, 6.45) is 2.00. The van der Waals surface area contributed by atoms with Gasteiger partial charge < -0.3 is 5.32 Å². The second-order valence-electron chi connectivity index (χ2n) is 4.75. The van der Waals surface area contributed by atoms with Gasteiger partial charge >= 0.3 is 0 Å². The Morgan fingerprint density at radius 3 is 2.71 bits per heavy atom. The molecule has 0 saturated heterocycles. The van der Waals surface area contributed by atoms with Crippen molar-refractivity contribution in [3.8, 4) is 0 Å². The Bertz CT molecular complexity index is 418. The van der Waals surface area contributed by atoms with Gasteiger partial charge in [0.25, 0.3) is 5.91 Å². The molecule has 1 aromatic carbocycles.